The molecule has 0 aliphatic heterocycles. The fraction of sp³-hybridized carbons (Fsp3) is 0.273. The van der Waals surface area contributed by atoms with Crippen LogP contribution in [0.2, 0.25) is 0 Å². The van der Waals surface area contributed by atoms with Crippen molar-refractivity contribution >= 4 is 21.5 Å². The van der Waals surface area contributed by atoms with Crippen molar-refractivity contribution in [1.82, 2.24) is 10.6 Å². The predicted octanol–water partition coefficient (Wildman–Crippen LogP) is 9.60. The molecule has 246 valence electrons. The Kier molecular flexibility index (Phi) is 12.0. The van der Waals surface area contributed by atoms with Crippen molar-refractivity contribution in [3.05, 3.63) is 168 Å². The molecule has 0 spiro atoms. The second kappa shape index (κ2) is 17.2. The molecule has 0 aliphatic carbocycles. The van der Waals surface area contributed by atoms with Gasteiger partial charge >= 0.3 is 0 Å². The van der Waals surface area contributed by atoms with Crippen LogP contribution in [-0.2, 0) is 9.47 Å². The summed E-state index contributed by atoms with van der Waals surface area (Å²) in [6, 6.07) is 52.1. The van der Waals surface area contributed by atoms with Crippen molar-refractivity contribution in [2.24, 2.45) is 0 Å². The van der Waals surface area contributed by atoms with Crippen molar-refractivity contribution in [3.8, 4) is 0 Å². The second-order valence-electron chi connectivity index (χ2n) is 12.7. The van der Waals surface area contributed by atoms with Crippen LogP contribution in [0.4, 0.5) is 0 Å². The molecule has 0 aromatic heterocycles. The van der Waals surface area contributed by atoms with Gasteiger partial charge in [-0.2, -0.15) is 0 Å². The minimum atomic E-state index is -0.0642. The Morgan fingerprint density at radius 1 is 0.417 bits per heavy atom. The zero-order chi connectivity index (χ0) is 33.0. The highest BCUT2D eigenvalue weighted by Gasteiger charge is 2.27. The topological polar surface area (TPSA) is 42.5 Å². The van der Waals surface area contributed by atoms with Gasteiger partial charge in [-0.05, 0) is 70.7 Å². The molecule has 4 heteroatoms. The van der Waals surface area contributed by atoms with Gasteiger partial charge in [0.25, 0.3) is 0 Å². The highest BCUT2D eigenvalue weighted by Crippen LogP contribution is 2.37. The number of hydrogen-bond acceptors (Lipinski definition) is 4. The molecule has 6 aromatic rings. The molecule has 0 amide bonds. The lowest BCUT2D eigenvalue weighted by atomic mass is 9.87. The summed E-state index contributed by atoms with van der Waals surface area (Å²) in [5.41, 5.74) is 4.98. The third kappa shape index (κ3) is 8.39. The first-order valence-electron chi connectivity index (χ1n) is 17.3. The molecule has 0 saturated heterocycles. The van der Waals surface area contributed by atoms with Gasteiger partial charge < -0.3 is 20.1 Å². The number of unbranched alkanes of at least 4 members (excludes halogenated alkanes) is 1. The normalized spacial score (nSPS) is 14.1. The molecule has 0 saturated carbocycles. The Hall–Kier alpha value is -4.32. The van der Waals surface area contributed by atoms with Crippen molar-refractivity contribution < 1.29 is 9.47 Å². The lowest BCUT2D eigenvalue weighted by Gasteiger charge is -2.29. The molecule has 6 rings (SSSR count). The third-order valence-corrected chi connectivity index (χ3v) is 9.37. The summed E-state index contributed by atoms with van der Waals surface area (Å²) in [5, 5.41) is 11.9. The first kappa shape index (κ1) is 33.6. The van der Waals surface area contributed by atoms with Crippen LogP contribution >= 0.6 is 0 Å². The number of benzene rings is 6. The number of hydrogen-bond donors (Lipinski definition) is 2. The quantitative estimate of drug-likeness (QED) is 0.0979. The average molecular weight is 637 g/mol. The number of nitrogens with one attached hydrogen (secondary N) is 2. The standard InChI is InChI=1S/C44H48N2O2/c1-45-31-41(39-25-23-33-15-9-11-21-37(33)29-39)43(35-17-5-3-6-18-35)47-27-13-14-28-48-44(36-19-7-4-8-20-36)42(32-46-2)40-26-24-34-16-10-12-22-38(34)30-40/h3-12,15-26,29-30,41-46H,13-14,27-28,31-32H2,1-2H3/t41-,42-,43-,44-/m1/s1. The smallest absolute Gasteiger partial charge is 0.0905 e. The molecule has 0 bridgehead atoms. The Balaban J connectivity index is 1.14. The van der Waals surface area contributed by atoms with E-state index in [0.29, 0.717) is 13.2 Å². The van der Waals surface area contributed by atoms with Crippen LogP contribution in [0.1, 0.15) is 59.1 Å². The molecule has 4 atom stereocenters. The van der Waals surface area contributed by atoms with E-state index in [0.717, 1.165) is 25.9 Å². The summed E-state index contributed by atoms with van der Waals surface area (Å²) in [7, 11) is 4.05. The molecule has 0 fully saturated rings. The summed E-state index contributed by atoms with van der Waals surface area (Å²) in [4.78, 5) is 0. The number of fused-ring (bicyclic) bond motifs is 2. The summed E-state index contributed by atoms with van der Waals surface area (Å²) < 4.78 is 13.6. The Labute approximate surface area is 286 Å². The van der Waals surface area contributed by atoms with Gasteiger partial charge in [-0.1, -0.05) is 146 Å². The third-order valence-electron chi connectivity index (χ3n) is 9.37. The van der Waals surface area contributed by atoms with Gasteiger partial charge in [0.05, 0.1) is 12.2 Å². The van der Waals surface area contributed by atoms with Crippen LogP contribution in [0.15, 0.2) is 146 Å². The lowest BCUT2D eigenvalue weighted by Crippen LogP contribution is -2.26. The van der Waals surface area contributed by atoms with Gasteiger partial charge in [0.2, 0.25) is 0 Å². The van der Waals surface area contributed by atoms with Gasteiger partial charge in [-0.15, -0.1) is 0 Å². The van der Waals surface area contributed by atoms with E-state index in [1.807, 2.05) is 14.1 Å². The van der Waals surface area contributed by atoms with Crippen LogP contribution < -0.4 is 10.6 Å². The highest BCUT2D eigenvalue weighted by atomic mass is 16.5. The SMILES string of the molecule is CNC[C@H](c1ccc2ccccc2c1)[C@H](OCCCCO[C@H](c1ccccc1)[C@H](CNC)c1ccc2ccccc2c1)c1ccccc1. The fourth-order valence-corrected chi connectivity index (χ4v) is 6.92. The Morgan fingerprint density at radius 3 is 1.19 bits per heavy atom. The molecule has 4 nitrogen and oxygen atoms in total. The van der Waals surface area contributed by atoms with Gasteiger partial charge in [-0.25, -0.2) is 0 Å². The van der Waals surface area contributed by atoms with Crippen LogP contribution in [0.3, 0.4) is 0 Å². The van der Waals surface area contributed by atoms with E-state index in [1.54, 1.807) is 0 Å². The zero-order valence-electron chi connectivity index (χ0n) is 28.2. The van der Waals surface area contributed by atoms with Crippen molar-refractivity contribution in [1.29, 1.82) is 0 Å². The number of likely N-dealkylation sites (N-methyl/N-ethyl adjacent to an activating group) is 2. The largest absolute Gasteiger partial charge is 0.373 e. The van der Waals surface area contributed by atoms with E-state index >= 15 is 0 Å². The Morgan fingerprint density at radius 2 is 0.792 bits per heavy atom. The maximum absolute atomic E-state index is 6.79. The average Bonchev–Trinajstić information content (AvgIpc) is 3.15. The van der Waals surface area contributed by atoms with Crippen LogP contribution in [0.25, 0.3) is 21.5 Å². The van der Waals surface area contributed by atoms with Crippen molar-refractivity contribution in [2.75, 3.05) is 40.4 Å². The molecule has 48 heavy (non-hydrogen) atoms. The molecule has 0 heterocycles. The molecular weight excluding hydrogens is 588 g/mol. The maximum atomic E-state index is 6.79. The van der Waals surface area contributed by atoms with Crippen LogP contribution in [-0.4, -0.2) is 40.4 Å². The lowest BCUT2D eigenvalue weighted by molar-refractivity contribution is 0.0109. The highest BCUT2D eigenvalue weighted by molar-refractivity contribution is 5.84. The molecule has 6 aromatic carbocycles. The molecule has 2 N–H and O–H groups in total. The maximum Gasteiger partial charge on any atom is 0.0905 e. The zero-order valence-corrected chi connectivity index (χ0v) is 28.2. The summed E-state index contributed by atoms with van der Waals surface area (Å²) in [5.74, 6) is 0.343. The van der Waals surface area contributed by atoms with Gasteiger partial charge in [0, 0.05) is 38.1 Å². The molecule has 0 aliphatic rings. The summed E-state index contributed by atoms with van der Waals surface area (Å²) >= 11 is 0. The summed E-state index contributed by atoms with van der Waals surface area (Å²) in [6.07, 6.45) is 1.71. The fourth-order valence-electron chi connectivity index (χ4n) is 6.92. The minimum absolute atomic E-state index is 0.0642. The molecular formula is C44H48N2O2. The van der Waals surface area contributed by atoms with E-state index in [-0.39, 0.29) is 24.0 Å². The van der Waals surface area contributed by atoms with E-state index < -0.39 is 0 Å². The first-order valence-corrected chi connectivity index (χ1v) is 17.3. The minimum Gasteiger partial charge on any atom is -0.373 e. The van der Waals surface area contributed by atoms with E-state index in [1.165, 1.54) is 43.8 Å². The number of rotatable bonds is 17. The van der Waals surface area contributed by atoms with Crippen LogP contribution in [0.5, 0.6) is 0 Å². The van der Waals surface area contributed by atoms with E-state index in [9.17, 15) is 0 Å². The van der Waals surface area contributed by atoms with Gasteiger partial charge in [0.1, 0.15) is 0 Å². The van der Waals surface area contributed by atoms with Gasteiger partial charge in [0.15, 0.2) is 0 Å². The first-order chi connectivity index (χ1) is 23.7. The number of ether oxygens (including phenoxy) is 2. The molecule has 0 unspecified atom stereocenters. The van der Waals surface area contributed by atoms with Crippen molar-refractivity contribution in [3.63, 3.8) is 0 Å². The predicted molar refractivity (Wildman–Crippen MR) is 201 cm³/mol. The molecule has 0 radical (unpaired) electrons. The summed E-state index contributed by atoms with van der Waals surface area (Å²) in [6.45, 7) is 2.97. The van der Waals surface area contributed by atoms with Crippen molar-refractivity contribution in [2.45, 2.75) is 36.9 Å². The van der Waals surface area contributed by atoms with E-state index in [4.69, 9.17) is 9.47 Å². The second-order valence-corrected chi connectivity index (χ2v) is 12.7. The van der Waals surface area contributed by atoms with E-state index in [2.05, 4.69) is 156 Å². The monoisotopic (exact) mass is 636 g/mol. The van der Waals surface area contributed by atoms with Crippen LogP contribution in [0, 0.1) is 0 Å². The van der Waals surface area contributed by atoms with Gasteiger partial charge in [-0.3, -0.25) is 0 Å². The Bertz CT molecular complexity index is 1700.